The molecule has 3 aliphatic heterocycles. The molecule has 0 aromatic heterocycles. The molecule has 29 heavy (non-hydrogen) atoms. The zero-order valence-electron chi connectivity index (χ0n) is 16.6. The molecule has 3 fully saturated rings. The standard InChI is InChI=1S/C22H28N4O3/c27-20-7-6-19(21(28)25-20)26-12-15-8-13(4-5-16(15)22(26)29)9-23-11-17-14-2-1-3-18(17)24-10-14/h4-5,8,14,17-19,23-24H,1-3,6-7,9-12H2,(H,25,27,28). The van der Waals surface area contributed by atoms with Gasteiger partial charge in [-0.25, -0.2) is 0 Å². The second-order valence-corrected chi connectivity index (χ2v) is 8.89. The van der Waals surface area contributed by atoms with Crippen molar-refractivity contribution in [2.24, 2.45) is 11.8 Å². The molecule has 3 amide bonds. The molecule has 1 aromatic carbocycles. The molecule has 0 spiro atoms. The Labute approximate surface area is 170 Å². The summed E-state index contributed by atoms with van der Waals surface area (Å²) in [6.45, 7) is 3.41. The molecule has 1 aromatic rings. The fourth-order valence-corrected chi connectivity index (χ4v) is 5.60. The number of hydrogen-bond acceptors (Lipinski definition) is 5. The largest absolute Gasteiger partial charge is 0.322 e. The van der Waals surface area contributed by atoms with Gasteiger partial charge in [0.2, 0.25) is 11.8 Å². The van der Waals surface area contributed by atoms with Crippen LogP contribution in [-0.4, -0.2) is 47.8 Å². The number of nitrogens with one attached hydrogen (secondary N) is 3. The first-order valence-electron chi connectivity index (χ1n) is 10.8. The monoisotopic (exact) mass is 396 g/mol. The fourth-order valence-electron chi connectivity index (χ4n) is 5.60. The number of carbonyl (C=O) groups excluding carboxylic acids is 3. The third-order valence-electron chi connectivity index (χ3n) is 7.15. The van der Waals surface area contributed by atoms with E-state index >= 15 is 0 Å². The van der Waals surface area contributed by atoms with Crippen molar-refractivity contribution in [2.75, 3.05) is 13.1 Å². The number of amides is 3. The third-order valence-corrected chi connectivity index (χ3v) is 7.15. The minimum Gasteiger partial charge on any atom is -0.322 e. The summed E-state index contributed by atoms with van der Waals surface area (Å²) in [6, 6.07) is 6.09. The van der Waals surface area contributed by atoms with E-state index in [1.54, 1.807) is 4.90 Å². The van der Waals surface area contributed by atoms with Crippen LogP contribution in [0.1, 0.15) is 53.6 Å². The topological polar surface area (TPSA) is 90.5 Å². The van der Waals surface area contributed by atoms with Gasteiger partial charge in [0.25, 0.3) is 5.91 Å². The summed E-state index contributed by atoms with van der Waals surface area (Å²) < 4.78 is 0. The van der Waals surface area contributed by atoms with Crippen molar-refractivity contribution < 1.29 is 14.4 Å². The van der Waals surface area contributed by atoms with Crippen LogP contribution in [0.25, 0.3) is 0 Å². The molecular weight excluding hydrogens is 368 g/mol. The number of imide groups is 1. The van der Waals surface area contributed by atoms with Crippen molar-refractivity contribution >= 4 is 17.7 Å². The summed E-state index contributed by atoms with van der Waals surface area (Å²) in [4.78, 5) is 37.9. The van der Waals surface area contributed by atoms with Crippen LogP contribution >= 0.6 is 0 Å². The zero-order valence-corrected chi connectivity index (χ0v) is 16.6. The molecule has 5 rings (SSSR count). The molecular formula is C22H28N4O3. The highest BCUT2D eigenvalue weighted by molar-refractivity contribution is 6.05. The normalized spacial score (nSPS) is 31.2. The molecule has 2 saturated heterocycles. The minimum absolute atomic E-state index is 0.112. The lowest BCUT2D eigenvalue weighted by atomic mass is 9.80. The Balaban J connectivity index is 1.21. The first-order chi connectivity index (χ1) is 14.1. The number of benzene rings is 1. The van der Waals surface area contributed by atoms with Gasteiger partial charge in [-0.3, -0.25) is 19.7 Å². The van der Waals surface area contributed by atoms with Gasteiger partial charge < -0.3 is 15.5 Å². The van der Waals surface area contributed by atoms with E-state index < -0.39 is 6.04 Å². The van der Waals surface area contributed by atoms with Gasteiger partial charge >= 0.3 is 0 Å². The van der Waals surface area contributed by atoms with Crippen molar-refractivity contribution in [3.63, 3.8) is 0 Å². The molecule has 154 valence electrons. The maximum atomic E-state index is 12.8. The average Bonchev–Trinajstić information content (AvgIpc) is 3.13. The van der Waals surface area contributed by atoms with E-state index in [0.29, 0.717) is 24.6 Å². The number of rotatable bonds is 5. The summed E-state index contributed by atoms with van der Waals surface area (Å²) in [5.41, 5.74) is 2.81. The van der Waals surface area contributed by atoms with Crippen LogP contribution in [0.2, 0.25) is 0 Å². The van der Waals surface area contributed by atoms with Crippen LogP contribution in [0.3, 0.4) is 0 Å². The zero-order chi connectivity index (χ0) is 20.0. The molecule has 1 saturated carbocycles. The minimum atomic E-state index is -0.552. The summed E-state index contributed by atoms with van der Waals surface area (Å²) in [5.74, 6) is 0.799. The van der Waals surface area contributed by atoms with Gasteiger partial charge in [0.15, 0.2) is 0 Å². The first-order valence-corrected chi connectivity index (χ1v) is 10.8. The molecule has 4 unspecified atom stereocenters. The van der Waals surface area contributed by atoms with E-state index in [1.165, 1.54) is 19.3 Å². The molecule has 4 aliphatic rings. The van der Waals surface area contributed by atoms with Crippen LogP contribution in [0, 0.1) is 11.8 Å². The van der Waals surface area contributed by atoms with Crippen LogP contribution in [0.5, 0.6) is 0 Å². The van der Waals surface area contributed by atoms with Crippen LogP contribution in [0.15, 0.2) is 18.2 Å². The van der Waals surface area contributed by atoms with Crippen LogP contribution in [0.4, 0.5) is 0 Å². The number of piperidine rings is 1. The predicted molar refractivity (Wildman–Crippen MR) is 107 cm³/mol. The Hall–Kier alpha value is -2.25. The quantitative estimate of drug-likeness (QED) is 0.644. The Kier molecular flexibility index (Phi) is 4.87. The lowest BCUT2D eigenvalue weighted by molar-refractivity contribution is -0.136. The number of fused-ring (bicyclic) bond motifs is 3. The second kappa shape index (κ2) is 7.54. The van der Waals surface area contributed by atoms with Crippen LogP contribution in [-0.2, 0) is 22.7 Å². The Morgan fingerprint density at radius 1 is 1.14 bits per heavy atom. The SMILES string of the molecule is O=C1CCC(N2Cc3cc(CNCC4C5CCCC4NC5)ccc3C2=O)C(=O)N1. The fraction of sp³-hybridized carbons (Fsp3) is 0.591. The lowest BCUT2D eigenvalue weighted by Crippen LogP contribution is -2.52. The van der Waals surface area contributed by atoms with Gasteiger partial charge in [0.05, 0.1) is 0 Å². The summed E-state index contributed by atoms with van der Waals surface area (Å²) >= 11 is 0. The number of hydrogen-bond donors (Lipinski definition) is 3. The summed E-state index contributed by atoms with van der Waals surface area (Å²) in [7, 11) is 0. The Bertz CT molecular complexity index is 838. The molecule has 7 nitrogen and oxygen atoms in total. The highest BCUT2D eigenvalue weighted by Crippen LogP contribution is 2.34. The van der Waals surface area contributed by atoms with Crippen LogP contribution < -0.4 is 16.0 Å². The first kappa shape index (κ1) is 18.8. The summed E-state index contributed by atoms with van der Waals surface area (Å²) in [5, 5.41) is 9.63. The third kappa shape index (κ3) is 3.46. The maximum Gasteiger partial charge on any atom is 0.255 e. The molecule has 7 heteroatoms. The van der Waals surface area contributed by atoms with E-state index in [1.807, 2.05) is 12.1 Å². The highest BCUT2D eigenvalue weighted by atomic mass is 16.2. The maximum absolute atomic E-state index is 12.8. The predicted octanol–water partition coefficient (Wildman–Crippen LogP) is 0.925. The smallest absolute Gasteiger partial charge is 0.255 e. The van der Waals surface area contributed by atoms with Crippen molar-refractivity contribution in [1.82, 2.24) is 20.9 Å². The van der Waals surface area contributed by atoms with Crippen molar-refractivity contribution in [3.05, 3.63) is 34.9 Å². The van der Waals surface area contributed by atoms with E-state index in [0.717, 1.165) is 42.6 Å². The van der Waals surface area contributed by atoms with E-state index in [2.05, 4.69) is 22.0 Å². The second-order valence-electron chi connectivity index (χ2n) is 8.89. The Morgan fingerprint density at radius 2 is 2.03 bits per heavy atom. The van der Waals surface area contributed by atoms with Gasteiger partial charge in [-0.1, -0.05) is 18.6 Å². The van der Waals surface area contributed by atoms with Gasteiger partial charge in [0, 0.05) is 37.7 Å². The van der Waals surface area contributed by atoms with Crippen molar-refractivity contribution in [3.8, 4) is 0 Å². The lowest BCUT2D eigenvalue weighted by Gasteiger charge is -2.29. The highest BCUT2D eigenvalue weighted by Gasteiger charge is 2.39. The number of nitrogens with zero attached hydrogens (tertiary/aromatic N) is 1. The molecule has 0 radical (unpaired) electrons. The van der Waals surface area contributed by atoms with E-state index in [4.69, 9.17) is 0 Å². The molecule has 1 aliphatic carbocycles. The van der Waals surface area contributed by atoms with Gasteiger partial charge in [0.1, 0.15) is 6.04 Å². The summed E-state index contributed by atoms with van der Waals surface area (Å²) in [6.07, 6.45) is 4.66. The molecule has 2 bridgehead atoms. The van der Waals surface area contributed by atoms with Crippen molar-refractivity contribution in [2.45, 2.75) is 57.3 Å². The molecule has 3 N–H and O–H groups in total. The van der Waals surface area contributed by atoms with E-state index in [-0.39, 0.29) is 24.1 Å². The van der Waals surface area contributed by atoms with Gasteiger partial charge in [-0.2, -0.15) is 0 Å². The molecule has 3 heterocycles. The number of carbonyl (C=O) groups is 3. The Morgan fingerprint density at radius 3 is 2.86 bits per heavy atom. The van der Waals surface area contributed by atoms with Gasteiger partial charge in [-0.05, 0) is 54.8 Å². The average molecular weight is 396 g/mol. The molecule has 4 atom stereocenters. The van der Waals surface area contributed by atoms with E-state index in [9.17, 15) is 14.4 Å². The van der Waals surface area contributed by atoms with Gasteiger partial charge in [-0.15, -0.1) is 0 Å². The van der Waals surface area contributed by atoms with Crippen molar-refractivity contribution in [1.29, 1.82) is 0 Å².